The Hall–Kier alpha value is -2.40. The molecule has 0 unspecified atom stereocenters. The smallest absolute Gasteiger partial charge is 0.230 e. The molecule has 0 N–H and O–H groups in total. The fourth-order valence-electron chi connectivity index (χ4n) is 4.42. The number of hydrogen-bond donors (Lipinski definition) is 0. The number of rotatable bonds is 4. The van der Waals surface area contributed by atoms with Crippen molar-refractivity contribution in [1.29, 1.82) is 0 Å². The predicted molar refractivity (Wildman–Crippen MR) is 112 cm³/mol. The van der Waals surface area contributed by atoms with Crippen LogP contribution in [0.15, 0.2) is 30.4 Å². The highest BCUT2D eigenvalue weighted by Gasteiger charge is 2.37. The van der Waals surface area contributed by atoms with E-state index in [9.17, 15) is 9.59 Å². The van der Waals surface area contributed by atoms with E-state index in [0.717, 1.165) is 27.0 Å². The van der Waals surface area contributed by atoms with E-state index in [-0.39, 0.29) is 24.5 Å². The lowest BCUT2D eigenvalue weighted by molar-refractivity contribution is -0.134. The van der Waals surface area contributed by atoms with Crippen molar-refractivity contribution in [3.8, 4) is 0 Å². The van der Waals surface area contributed by atoms with Crippen LogP contribution in [0.25, 0.3) is 16.5 Å². The summed E-state index contributed by atoms with van der Waals surface area (Å²) in [6.07, 6.45) is 2.78. The van der Waals surface area contributed by atoms with Gasteiger partial charge >= 0.3 is 0 Å². The van der Waals surface area contributed by atoms with Gasteiger partial charge in [0.2, 0.25) is 11.8 Å². The second-order valence-electron chi connectivity index (χ2n) is 7.46. The van der Waals surface area contributed by atoms with Crippen LogP contribution in [-0.4, -0.2) is 58.9 Å². The lowest BCUT2D eigenvalue weighted by atomic mass is 9.79. The number of hydrogen-bond acceptors (Lipinski definition) is 3. The summed E-state index contributed by atoms with van der Waals surface area (Å²) < 4.78 is 55.6. The van der Waals surface area contributed by atoms with Gasteiger partial charge in [0.25, 0.3) is 0 Å². The first-order valence-electron chi connectivity index (χ1n) is 13.1. The molecule has 1 aliphatic carbocycles. The third-order valence-electron chi connectivity index (χ3n) is 5.86. The van der Waals surface area contributed by atoms with E-state index in [1.54, 1.807) is 6.92 Å². The Morgan fingerprint density at radius 3 is 2.82 bits per heavy atom. The fourth-order valence-corrected chi connectivity index (χ4v) is 4.42. The summed E-state index contributed by atoms with van der Waals surface area (Å²) >= 11 is 0. The molecule has 0 saturated heterocycles. The first-order valence-corrected chi connectivity index (χ1v) is 9.59. The van der Waals surface area contributed by atoms with Crippen molar-refractivity contribution in [3.63, 3.8) is 0 Å². The maximum Gasteiger partial charge on any atom is 0.230 e. The molecule has 1 aliphatic heterocycles. The number of aromatic nitrogens is 1. The van der Waals surface area contributed by atoms with E-state index in [1.165, 1.54) is 4.57 Å². The number of carbonyl (C=O) groups excluding carboxylic acids is 2. The van der Waals surface area contributed by atoms with Gasteiger partial charge in [0.05, 0.1) is 12.8 Å². The normalized spacial score (nSPS) is 25.9. The Labute approximate surface area is 176 Å². The van der Waals surface area contributed by atoms with Gasteiger partial charge in [-0.15, -0.1) is 0 Å². The molecular formula is C23H29N3O2. The Kier molecular flexibility index (Phi) is 3.15. The summed E-state index contributed by atoms with van der Waals surface area (Å²) in [5, 5.41) is 0.824. The van der Waals surface area contributed by atoms with Gasteiger partial charge in [-0.3, -0.25) is 19.1 Å². The van der Waals surface area contributed by atoms with Crippen molar-refractivity contribution in [2.45, 2.75) is 39.5 Å². The average Bonchev–Trinajstić information content (AvgIpc) is 3.03. The van der Waals surface area contributed by atoms with Crippen LogP contribution in [0, 0.1) is 5.92 Å². The molecule has 5 nitrogen and oxygen atoms in total. The monoisotopic (exact) mass is 386 g/mol. The highest BCUT2D eigenvalue weighted by Crippen LogP contribution is 2.41. The highest BCUT2D eigenvalue weighted by atomic mass is 16.2. The van der Waals surface area contributed by atoms with Gasteiger partial charge in [-0.2, -0.15) is 0 Å². The van der Waals surface area contributed by atoms with Crippen LogP contribution < -0.4 is 0 Å². The van der Waals surface area contributed by atoms with Gasteiger partial charge in [0, 0.05) is 51.9 Å². The van der Waals surface area contributed by atoms with Gasteiger partial charge in [0.15, 0.2) is 0 Å². The molecule has 0 saturated carbocycles. The van der Waals surface area contributed by atoms with E-state index in [4.69, 9.17) is 9.60 Å². The van der Waals surface area contributed by atoms with Crippen molar-refractivity contribution in [2.75, 3.05) is 26.7 Å². The van der Waals surface area contributed by atoms with E-state index in [1.807, 2.05) is 36.2 Å². The SMILES string of the molecule is [2H]c1c2c3c(cccc3n1C(=O)CC)C1=C[C@@H](C(=O)N(CC([2H])([2H])[2H])CC([2H])([2H])[2H])CN(C)[C@@H]1C2. The zero-order chi connectivity index (χ0) is 25.9. The first kappa shape index (κ1) is 12.2. The van der Waals surface area contributed by atoms with Crippen LogP contribution in [0.5, 0.6) is 0 Å². The fraction of sp³-hybridized carbons (Fsp3) is 0.478. The van der Waals surface area contributed by atoms with Gasteiger partial charge in [0.1, 0.15) is 0 Å². The molecular weight excluding hydrogens is 350 g/mol. The molecule has 2 aromatic rings. The minimum absolute atomic E-state index is 0.118. The van der Waals surface area contributed by atoms with Crippen LogP contribution in [0.4, 0.5) is 0 Å². The molecule has 0 radical (unpaired) electrons. The summed E-state index contributed by atoms with van der Waals surface area (Å²) in [7, 11) is 1.86. The molecule has 2 heterocycles. The van der Waals surface area contributed by atoms with Crippen LogP contribution >= 0.6 is 0 Å². The Balaban J connectivity index is 1.79. The maximum atomic E-state index is 13.4. The molecule has 1 aromatic heterocycles. The number of benzene rings is 1. The molecule has 4 rings (SSSR count). The lowest BCUT2D eigenvalue weighted by Crippen LogP contribution is -2.47. The largest absolute Gasteiger partial charge is 0.343 e. The number of fused-ring (bicyclic) bond motifs is 2. The molecule has 2 aliphatic rings. The molecule has 0 fully saturated rings. The van der Waals surface area contributed by atoms with Gasteiger partial charge in [-0.25, -0.2) is 0 Å². The molecule has 5 heteroatoms. The van der Waals surface area contributed by atoms with Gasteiger partial charge in [-0.05, 0) is 49.9 Å². The first-order chi connectivity index (χ1) is 16.2. The zero-order valence-corrected chi connectivity index (χ0v) is 16.2. The summed E-state index contributed by atoms with van der Waals surface area (Å²) in [6.45, 7) is -4.20. The predicted octanol–water partition coefficient (Wildman–Crippen LogP) is 3.43. The second kappa shape index (κ2) is 7.21. The Morgan fingerprint density at radius 1 is 1.32 bits per heavy atom. The zero-order valence-electron chi connectivity index (χ0n) is 23.2. The maximum absolute atomic E-state index is 13.4. The van der Waals surface area contributed by atoms with E-state index < -0.39 is 38.6 Å². The molecule has 0 bridgehead atoms. The van der Waals surface area contributed by atoms with Crippen molar-refractivity contribution in [1.82, 2.24) is 14.4 Å². The molecule has 148 valence electrons. The summed E-state index contributed by atoms with van der Waals surface area (Å²) in [5.74, 6) is -1.41. The summed E-state index contributed by atoms with van der Waals surface area (Å²) in [6, 6.07) is 5.43. The second-order valence-corrected chi connectivity index (χ2v) is 7.46. The Morgan fingerprint density at radius 2 is 2.11 bits per heavy atom. The van der Waals surface area contributed by atoms with E-state index >= 15 is 0 Å². The molecule has 2 atom stereocenters. The van der Waals surface area contributed by atoms with Crippen LogP contribution in [-0.2, 0) is 11.2 Å². The molecule has 28 heavy (non-hydrogen) atoms. The summed E-state index contributed by atoms with van der Waals surface area (Å²) in [4.78, 5) is 29.0. The van der Waals surface area contributed by atoms with Gasteiger partial charge < -0.3 is 4.90 Å². The summed E-state index contributed by atoms with van der Waals surface area (Å²) in [5.41, 5.74) is 3.17. The van der Waals surface area contributed by atoms with Crippen molar-refractivity contribution >= 4 is 28.3 Å². The van der Waals surface area contributed by atoms with Crippen molar-refractivity contribution < 1.29 is 19.2 Å². The Bertz CT molecular complexity index is 1200. The minimum atomic E-state index is -2.48. The van der Waals surface area contributed by atoms with Crippen molar-refractivity contribution in [2.24, 2.45) is 5.92 Å². The quantitative estimate of drug-likeness (QED) is 0.809. The van der Waals surface area contributed by atoms with E-state index in [2.05, 4.69) is 0 Å². The standard InChI is InChI=1S/C23H29N3O2/c1-5-21(27)26-14-15-12-20-18(17-9-8-10-19(26)22(15)17)11-16(13-24(20)4)23(28)25(6-2)7-3/h8-11,14,16,20H,5-7,12-13H2,1-4H3/t16-,20-/m1/s1/i2D3,3D3,14D. The average molecular weight is 387 g/mol. The lowest BCUT2D eigenvalue weighted by Gasteiger charge is -2.40. The number of carbonyl (C=O) groups is 2. The third-order valence-corrected chi connectivity index (χ3v) is 5.86. The topological polar surface area (TPSA) is 45.6 Å². The molecule has 1 aromatic carbocycles. The van der Waals surface area contributed by atoms with Crippen molar-refractivity contribution in [3.05, 3.63) is 41.6 Å². The number of likely N-dealkylation sites (N-methyl/N-ethyl adjacent to an activating group) is 1. The third kappa shape index (κ3) is 2.80. The van der Waals surface area contributed by atoms with Crippen LogP contribution in [0.2, 0.25) is 0 Å². The van der Waals surface area contributed by atoms with Gasteiger partial charge in [-0.1, -0.05) is 25.1 Å². The van der Waals surface area contributed by atoms with E-state index in [0.29, 0.717) is 18.5 Å². The molecule has 1 amide bonds. The number of nitrogens with zero attached hydrogens (tertiary/aromatic N) is 3. The highest BCUT2D eigenvalue weighted by molar-refractivity contribution is 6.03. The molecule has 0 spiro atoms. The van der Waals surface area contributed by atoms with Crippen LogP contribution in [0.3, 0.4) is 0 Å². The number of amides is 1. The van der Waals surface area contributed by atoms with Crippen LogP contribution in [0.1, 0.15) is 52.6 Å². The minimum Gasteiger partial charge on any atom is -0.343 e.